The average Bonchev–Trinajstić information content (AvgIpc) is 2.63. The molecule has 1 unspecified atom stereocenters. The van der Waals surface area contributed by atoms with E-state index in [1.807, 2.05) is 0 Å². The van der Waals surface area contributed by atoms with E-state index < -0.39 is 0 Å². The molecule has 4 nitrogen and oxygen atoms in total. The minimum atomic E-state index is 0.355. The first-order valence-electron chi connectivity index (χ1n) is 5.22. The van der Waals surface area contributed by atoms with Crippen LogP contribution in [0.25, 0.3) is 0 Å². The van der Waals surface area contributed by atoms with Gasteiger partial charge in [-0.25, -0.2) is 0 Å². The molecule has 1 heterocycles. The van der Waals surface area contributed by atoms with Gasteiger partial charge in [0.25, 0.3) is 0 Å². The molecule has 0 saturated heterocycles. The fraction of sp³-hybridized carbons (Fsp3) is 0.700. The topological polar surface area (TPSA) is 66.7 Å². The van der Waals surface area contributed by atoms with Gasteiger partial charge in [-0.2, -0.15) is 5.10 Å². The third-order valence-corrected chi connectivity index (χ3v) is 2.18. The van der Waals surface area contributed by atoms with Gasteiger partial charge in [-0.1, -0.05) is 13.3 Å². The van der Waals surface area contributed by atoms with Crippen molar-refractivity contribution in [3.05, 3.63) is 17.5 Å². The molecule has 0 aliphatic heterocycles. The highest BCUT2D eigenvalue weighted by molar-refractivity contribution is 5.08. The van der Waals surface area contributed by atoms with Crippen molar-refractivity contribution in [2.24, 2.45) is 5.73 Å². The highest BCUT2D eigenvalue weighted by Gasteiger charge is 2.01. The number of aromatic nitrogens is 2. The summed E-state index contributed by atoms with van der Waals surface area (Å²) < 4.78 is 0. The van der Waals surface area contributed by atoms with Crippen LogP contribution in [0, 0.1) is 0 Å². The number of hydrogen-bond donors (Lipinski definition) is 3. The summed E-state index contributed by atoms with van der Waals surface area (Å²) in [6.45, 7) is 5.71. The summed E-state index contributed by atoms with van der Waals surface area (Å²) in [5.74, 6) is 0. The lowest BCUT2D eigenvalue weighted by atomic mass is 10.2. The molecule has 0 spiro atoms. The van der Waals surface area contributed by atoms with Gasteiger partial charge >= 0.3 is 0 Å². The Labute approximate surface area is 85.3 Å². The van der Waals surface area contributed by atoms with Gasteiger partial charge in [0.15, 0.2) is 0 Å². The minimum Gasteiger partial charge on any atom is -0.329 e. The van der Waals surface area contributed by atoms with Crippen LogP contribution in [0.5, 0.6) is 0 Å². The van der Waals surface area contributed by atoms with E-state index in [0.29, 0.717) is 12.6 Å². The van der Waals surface area contributed by atoms with E-state index in [2.05, 4.69) is 35.4 Å². The highest BCUT2D eigenvalue weighted by atomic mass is 15.1. The Morgan fingerprint density at radius 3 is 3.07 bits per heavy atom. The molecule has 1 aromatic heterocycles. The Hall–Kier alpha value is -0.870. The van der Waals surface area contributed by atoms with Crippen molar-refractivity contribution < 1.29 is 0 Å². The van der Waals surface area contributed by atoms with E-state index in [1.165, 1.54) is 0 Å². The molecular weight excluding hydrogens is 176 g/mol. The van der Waals surface area contributed by atoms with Crippen molar-refractivity contribution >= 4 is 0 Å². The van der Waals surface area contributed by atoms with E-state index in [0.717, 1.165) is 30.8 Å². The van der Waals surface area contributed by atoms with Gasteiger partial charge in [0.2, 0.25) is 0 Å². The first kappa shape index (κ1) is 11.2. The number of nitrogens with one attached hydrogen (secondary N) is 2. The maximum absolute atomic E-state index is 5.50. The minimum absolute atomic E-state index is 0.355. The Bertz CT molecular complexity index is 256. The van der Waals surface area contributed by atoms with Crippen LogP contribution in [0.4, 0.5) is 0 Å². The Morgan fingerprint density at radius 1 is 1.64 bits per heavy atom. The molecular formula is C10H20N4. The van der Waals surface area contributed by atoms with Crippen molar-refractivity contribution in [2.75, 3.05) is 6.54 Å². The van der Waals surface area contributed by atoms with Gasteiger partial charge in [-0.3, -0.25) is 5.10 Å². The van der Waals surface area contributed by atoms with Gasteiger partial charge in [0, 0.05) is 24.8 Å². The number of H-pyrrole nitrogens is 1. The van der Waals surface area contributed by atoms with Crippen LogP contribution in [0.2, 0.25) is 0 Å². The SMILES string of the molecule is CCCc1cc(CNC(C)CN)[nH]n1. The highest BCUT2D eigenvalue weighted by Crippen LogP contribution is 2.02. The zero-order valence-electron chi connectivity index (χ0n) is 9.01. The molecule has 14 heavy (non-hydrogen) atoms. The smallest absolute Gasteiger partial charge is 0.0625 e. The first-order valence-corrected chi connectivity index (χ1v) is 5.22. The molecule has 0 aliphatic rings. The Balaban J connectivity index is 2.35. The lowest BCUT2D eigenvalue weighted by Crippen LogP contribution is -2.32. The predicted molar refractivity (Wildman–Crippen MR) is 57.9 cm³/mol. The summed E-state index contributed by atoms with van der Waals surface area (Å²) in [6, 6.07) is 2.47. The van der Waals surface area contributed by atoms with Gasteiger partial charge in [-0.15, -0.1) is 0 Å². The Morgan fingerprint density at radius 2 is 2.43 bits per heavy atom. The van der Waals surface area contributed by atoms with E-state index in [1.54, 1.807) is 0 Å². The van der Waals surface area contributed by atoms with Gasteiger partial charge in [0.05, 0.1) is 5.69 Å². The van der Waals surface area contributed by atoms with Crippen LogP contribution in [0.3, 0.4) is 0 Å². The molecule has 1 aromatic rings. The van der Waals surface area contributed by atoms with E-state index in [-0.39, 0.29) is 0 Å². The van der Waals surface area contributed by atoms with Crippen molar-refractivity contribution in [1.29, 1.82) is 0 Å². The third kappa shape index (κ3) is 3.47. The lowest BCUT2D eigenvalue weighted by molar-refractivity contribution is 0.550. The summed E-state index contributed by atoms with van der Waals surface area (Å²) in [5.41, 5.74) is 7.78. The largest absolute Gasteiger partial charge is 0.329 e. The predicted octanol–water partition coefficient (Wildman–Crippen LogP) is 0.799. The van der Waals surface area contributed by atoms with E-state index >= 15 is 0 Å². The normalized spacial score (nSPS) is 13.1. The molecule has 0 saturated carbocycles. The molecule has 0 aliphatic carbocycles. The molecule has 80 valence electrons. The van der Waals surface area contributed by atoms with Crippen LogP contribution in [-0.2, 0) is 13.0 Å². The van der Waals surface area contributed by atoms with Gasteiger partial charge in [-0.05, 0) is 19.4 Å². The summed E-state index contributed by atoms with van der Waals surface area (Å²) in [7, 11) is 0. The quantitative estimate of drug-likeness (QED) is 0.630. The number of rotatable bonds is 6. The monoisotopic (exact) mass is 196 g/mol. The summed E-state index contributed by atoms with van der Waals surface area (Å²) in [4.78, 5) is 0. The van der Waals surface area contributed by atoms with Crippen molar-refractivity contribution in [3.8, 4) is 0 Å². The molecule has 1 rings (SSSR count). The molecule has 0 radical (unpaired) electrons. The number of aryl methyl sites for hydroxylation is 1. The third-order valence-electron chi connectivity index (χ3n) is 2.18. The number of nitrogens with two attached hydrogens (primary N) is 1. The van der Waals surface area contributed by atoms with Crippen LogP contribution < -0.4 is 11.1 Å². The van der Waals surface area contributed by atoms with Crippen molar-refractivity contribution in [1.82, 2.24) is 15.5 Å². The fourth-order valence-corrected chi connectivity index (χ4v) is 1.25. The maximum Gasteiger partial charge on any atom is 0.0625 e. The second-order valence-corrected chi connectivity index (χ2v) is 3.65. The first-order chi connectivity index (χ1) is 6.76. The van der Waals surface area contributed by atoms with Gasteiger partial charge in [0.1, 0.15) is 0 Å². The molecule has 0 fully saturated rings. The molecule has 1 atom stereocenters. The molecule has 0 amide bonds. The molecule has 0 aromatic carbocycles. The number of hydrogen-bond acceptors (Lipinski definition) is 3. The average molecular weight is 196 g/mol. The van der Waals surface area contributed by atoms with Crippen LogP contribution >= 0.6 is 0 Å². The van der Waals surface area contributed by atoms with Gasteiger partial charge < -0.3 is 11.1 Å². The summed E-state index contributed by atoms with van der Waals surface area (Å²) >= 11 is 0. The molecule has 4 heteroatoms. The second-order valence-electron chi connectivity index (χ2n) is 3.65. The van der Waals surface area contributed by atoms with Crippen LogP contribution in [-0.4, -0.2) is 22.8 Å². The Kier molecular flexibility index (Phi) is 4.62. The molecule has 4 N–H and O–H groups in total. The standard InChI is InChI=1S/C10H20N4/c1-3-4-9-5-10(14-13-9)7-12-8(2)6-11/h5,8,12H,3-4,6-7,11H2,1-2H3,(H,13,14). The lowest BCUT2D eigenvalue weighted by Gasteiger charge is -2.08. The summed E-state index contributed by atoms with van der Waals surface area (Å²) in [6.07, 6.45) is 2.18. The zero-order chi connectivity index (χ0) is 10.4. The van der Waals surface area contributed by atoms with Crippen molar-refractivity contribution in [2.45, 2.75) is 39.3 Å². The maximum atomic E-state index is 5.50. The van der Waals surface area contributed by atoms with E-state index in [9.17, 15) is 0 Å². The second kappa shape index (κ2) is 5.78. The van der Waals surface area contributed by atoms with E-state index in [4.69, 9.17) is 5.73 Å². The number of nitrogens with zero attached hydrogens (tertiary/aromatic N) is 1. The zero-order valence-corrected chi connectivity index (χ0v) is 9.01. The van der Waals surface area contributed by atoms with Crippen LogP contribution in [0.1, 0.15) is 31.7 Å². The summed E-state index contributed by atoms with van der Waals surface area (Å²) in [5, 5.41) is 10.5. The molecule has 0 bridgehead atoms. The van der Waals surface area contributed by atoms with Crippen LogP contribution in [0.15, 0.2) is 6.07 Å². The number of aromatic amines is 1. The van der Waals surface area contributed by atoms with Crippen molar-refractivity contribution in [3.63, 3.8) is 0 Å². The fourth-order valence-electron chi connectivity index (χ4n) is 1.25.